The summed E-state index contributed by atoms with van der Waals surface area (Å²) >= 11 is 0. The SMILES string of the molecule is CC[C@H](Oc1ccccc1C)C(=O)NCCc1ccc(C(C)C)cc1. The van der Waals surface area contributed by atoms with Crippen molar-refractivity contribution >= 4 is 5.91 Å². The Kier molecular flexibility index (Phi) is 7.05. The number of carbonyl (C=O) groups excluding carboxylic acids is 1. The molecular formula is C22H29NO2. The maximum atomic E-state index is 12.4. The van der Waals surface area contributed by atoms with Crippen molar-refractivity contribution in [2.24, 2.45) is 0 Å². The number of para-hydroxylation sites is 1. The van der Waals surface area contributed by atoms with Crippen molar-refractivity contribution < 1.29 is 9.53 Å². The molecule has 134 valence electrons. The lowest BCUT2D eigenvalue weighted by atomic mass is 10.0. The first-order chi connectivity index (χ1) is 12.0. The van der Waals surface area contributed by atoms with Crippen LogP contribution in [0.4, 0.5) is 0 Å². The first-order valence-corrected chi connectivity index (χ1v) is 9.10. The van der Waals surface area contributed by atoms with Gasteiger partial charge in [0, 0.05) is 6.54 Å². The standard InChI is InChI=1S/C22H29NO2/c1-5-20(25-21-9-7-6-8-17(21)4)22(24)23-15-14-18-10-12-19(13-11-18)16(2)3/h6-13,16,20H,5,14-15H2,1-4H3,(H,23,24)/t20-/m0/s1. The van der Waals surface area contributed by atoms with Crippen LogP contribution in [0.15, 0.2) is 48.5 Å². The number of aryl methyl sites for hydroxylation is 1. The van der Waals surface area contributed by atoms with Crippen LogP contribution in [0.3, 0.4) is 0 Å². The Bertz CT molecular complexity index is 677. The van der Waals surface area contributed by atoms with Gasteiger partial charge in [-0.15, -0.1) is 0 Å². The van der Waals surface area contributed by atoms with E-state index in [0.717, 1.165) is 17.7 Å². The van der Waals surface area contributed by atoms with Crippen molar-refractivity contribution in [3.05, 3.63) is 65.2 Å². The molecule has 1 atom stereocenters. The summed E-state index contributed by atoms with van der Waals surface area (Å²) in [5.41, 5.74) is 3.61. The first-order valence-electron chi connectivity index (χ1n) is 9.10. The van der Waals surface area contributed by atoms with Gasteiger partial charge in [-0.1, -0.05) is 63.2 Å². The molecule has 0 aliphatic heterocycles. The molecule has 2 rings (SSSR count). The number of hydrogen-bond donors (Lipinski definition) is 1. The lowest BCUT2D eigenvalue weighted by Gasteiger charge is -2.18. The van der Waals surface area contributed by atoms with Crippen LogP contribution in [0, 0.1) is 6.92 Å². The Morgan fingerprint density at radius 3 is 2.36 bits per heavy atom. The molecule has 3 heteroatoms. The number of rotatable bonds is 8. The fraction of sp³-hybridized carbons (Fsp3) is 0.409. The second-order valence-electron chi connectivity index (χ2n) is 6.72. The van der Waals surface area contributed by atoms with Crippen LogP contribution in [0.2, 0.25) is 0 Å². The van der Waals surface area contributed by atoms with E-state index in [0.29, 0.717) is 18.9 Å². The molecule has 0 saturated carbocycles. The van der Waals surface area contributed by atoms with Crippen LogP contribution in [0.5, 0.6) is 5.75 Å². The molecule has 0 spiro atoms. The maximum absolute atomic E-state index is 12.4. The molecular weight excluding hydrogens is 310 g/mol. The quantitative estimate of drug-likeness (QED) is 0.761. The molecule has 25 heavy (non-hydrogen) atoms. The lowest BCUT2D eigenvalue weighted by molar-refractivity contribution is -0.128. The summed E-state index contributed by atoms with van der Waals surface area (Å²) in [6.45, 7) is 8.95. The van der Waals surface area contributed by atoms with E-state index in [9.17, 15) is 4.79 Å². The molecule has 0 radical (unpaired) electrons. The number of ether oxygens (including phenoxy) is 1. The monoisotopic (exact) mass is 339 g/mol. The summed E-state index contributed by atoms with van der Waals surface area (Å²) < 4.78 is 5.89. The van der Waals surface area contributed by atoms with Crippen molar-refractivity contribution in [1.82, 2.24) is 5.32 Å². The van der Waals surface area contributed by atoms with Crippen LogP contribution in [0.1, 0.15) is 49.8 Å². The van der Waals surface area contributed by atoms with E-state index >= 15 is 0 Å². The van der Waals surface area contributed by atoms with Gasteiger partial charge in [-0.2, -0.15) is 0 Å². The van der Waals surface area contributed by atoms with Crippen molar-refractivity contribution in [3.8, 4) is 5.75 Å². The van der Waals surface area contributed by atoms with Crippen molar-refractivity contribution in [2.45, 2.75) is 52.6 Å². The van der Waals surface area contributed by atoms with Gasteiger partial charge < -0.3 is 10.1 Å². The van der Waals surface area contributed by atoms with Crippen LogP contribution in [0.25, 0.3) is 0 Å². The molecule has 0 fully saturated rings. The number of hydrogen-bond acceptors (Lipinski definition) is 2. The van der Waals surface area contributed by atoms with Crippen molar-refractivity contribution in [2.75, 3.05) is 6.54 Å². The van der Waals surface area contributed by atoms with Gasteiger partial charge >= 0.3 is 0 Å². The second kappa shape index (κ2) is 9.26. The zero-order valence-electron chi connectivity index (χ0n) is 15.7. The fourth-order valence-electron chi connectivity index (χ4n) is 2.68. The van der Waals surface area contributed by atoms with E-state index < -0.39 is 6.10 Å². The fourth-order valence-corrected chi connectivity index (χ4v) is 2.68. The Morgan fingerprint density at radius 2 is 1.76 bits per heavy atom. The molecule has 0 bridgehead atoms. The number of carbonyl (C=O) groups is 1. The van der Waals surface area contributed by atoms with Gasteiger partial charge in [-0.3, -0.25) is 4.79 Å². The maximum Gasteiger partial charge on any atom is 0.261 e. The van der Waals surface area contributed by atoms with Gasteiger partial charge in [-0.05, 0) is 48.4 Å². The average molecular weight is 339 g/mol. The molecule has 0 heterocycles. The highest BCUT2D eigenvalue weighted by Crippen LogP contribution is 2.19. The van der Waals surface area contributed by atoms with Gasteiger partial charge in [0.05, 0.1) is 0 Å². The summed E-state index contributed by atoms with van der Waals surface area (Å²) in [4.78, 5) is 12.4. The average Bonchev–Trinajstić information content (AvgIpc) is 2.61. The molecule has 1 amide bonds. The van der Waals surface area contributed by atoms with Gasteiger partial charge in [0.25, 0.3) is 5.91 Å². The third-order valence-electron chi connectivity index (χ3n) is 4.39. The second-order valence-corrected chi connectivity index (χ2v) is 6.72. The van der Waals surface area contributed by atoms with E-state index in [2.05, 4.69) is 43.4 Å². The third kappa shape index (κ3) is 5.63. The third-order valence-corrected chi connectivity index (χ3v) is 4.39. The predicted molar refractivity (Wildman–Crippen MR) is 103 cm³/mol. The van der Waals surface area contributed by atoms with Gasteiger partial charge in [-0.25, -0.2) is 0 Å². The van der Waals surface area contributed by atoms with Gasteiger partial charge in [0.15, 0.2) is 6.10 Å². The Hall–Kier alpha value is -2.29. The highest BCUT2D eigenvalue weighted by atomic mass is 16.5. The van der Waals surface area contributed by atoms with Crippen LogP contribution < -0.4 is 10.1 Å². The number of amides is 1. The number of benzene rings is 2. The highest BCUT2D eigenvalue weighted by molar-refractivity contribution is 5.81. The Balaban J connectivity index is 1.84. The largest absolute Gasteiger partial charge is 0.480 e. The van der Waals surface area contributed by atoms with E-state index in [1.54, 1.807) is 0 Å². The Labute approximate surface area is 151 Å². The number of nitrogens with one attached hydrogen (secondary N) is 1. The molecule has 0 aromatic heterocycles. The summed E-state index contributed by atoms with van der Waals surface area (Å²) in [7, 11) is 0. The molecule has 0 unspecified atom stereocenters. The molecule has 0 aliphatic rings. The lowest BCUT2D eigenvalue weighted by Crippen LogP contribution is -2.39. The van der Waals surface area contributed by atoms with E-state index in [1.807, 2.05) is 38.1 Å². The van der Waals surface area contributed by atoms with Crippen molar-refractivity contribution in [1.29, 1.82) is 0 Å². The van der Waals surface area contributed by atoms with Crippen molar-refractivity contribution in [3.63, 3.8) is 0 Å². The van der Waals surface area contributed by atoms with Gasteiger partial charge in [0.2, 0.25) is 0 Å². The van der Waals surface area contributed by atoms with Crippen LogP contribution in [-0.2, 0) is 11.2 Å². The summed E-state index contributed by atoms with van der Waals surface area (Å²) in [5.74, 6) is 1.26. The van der Waals surface area contributed by atoms with Crippen LogP contribution >= 0.6 is 0 Å². The molecule has 0 saturated heterocycles. The van der Waals surface area contributed by atoms with Crippen LogP contribution in [-0.4, -0.2) is 18.6 Å². The molecule has 2 aromatic carbocycles. The molecule has 2 aromatic rings. The summed E-state index contributed by atoms with van der Waals surface area (Å²) in [6.07, 6.45) is 1.01. The normalized spacial score (nSPS) is 12.0. The van der Waals surface area contributed by atoms with Gasteiger partial charge in [0.1, 0.15) is 5.75 Å². The molecule has 3 nitrogen and oxygen atoms in total. The molecule has 1 N–H and O–H groups in total. The van der Waals surface area contributed by atoms with E-state index in [4.69, 9.17) is 4.74 Å². The summed E-state index contributed by atoms with van der Waals surface area (Å²) in [6, 6.07) is 16.4. The first kappa shape index (κ1) is 19.0. The Morgan fingerprint density at radius 1 is 1.08 bits per heavy atom. The minimum Gasteiger partial charge on any atom is -0.480 e. The highest BCUT2D eigenvalue weighted by Gasteiger charge is 2.18. The minimum absolute atomic E-state index is 0.0513. The minimum atomic E-state index is -0.454. The van der Waals surface area contributed by atoms with E-state index in [-0.39, 0.29) is 5.91 Å². The molecule has 0 aliphatic carbocycles. The van der Waals surface area contributed by atoms with E-state index in [1.165, 1.54) is 11.1 Å². The summed E-state index contributed by atoms with van der Waals surface area (Å²) in [5, 5.41) is 3.00. The zero-order chi connectivity index (χ0) is 18.2. The topological polar surface area (TPSA) is 38.3 Å². The predicted octanol–water partition coefficient (Wildman–Crippen LogP) is 4.63. The smallest absolute Gasteiger partial charge is 0.261 e. The zero-order valence-corrected chi connectivity index (χ0v) is 15.7.